The fourth-order valence-corrected chi connectivity index (χ4v) is 2.51. The van der Waals surface area contributed by atoms with Crippen LogP contribution < -0.4 is 5.32 Å². The fourth-order valence-electron chi connectivity index (χ4n) is 2.32. The Hall–Kier alpha value is -2.34. The largest absolute Gasteiger partial charge is 0.343 e. The van der Waals surface area contributed by atoms with Crippen LogP contribution in [0.5, 0.6) is 0 Å². The lowest BCUT2D eigenvalue weighted by atomic mass is 10.1. The summed E-state index contributed by atoms with van der Waals surface area (Å²) in [5, 5.41) is 7.25. The van der Waals surface area contributed by atoms with Gasteiger partial charge in [0.2, 0.25) is 5.91 Å². The number of likely N-dealkylation sites (tertiary alicyclic amines) is 1. The van der Waals surface area contributed by atoms with E-state index in [1.165, 1.54) is 0 Å². The molecule has 2 heterocycles. The van der Waals surface area contributed by atoms with E-state index >= 15 is 0 Å². The molecule has 114 valence electrons. The summed E-state index contributed by atoms with van der Waals surface area (Å²) < 4.78 is 1.84. The number of carbonyl (C=O) groups excluding carboxylic acids is 2. The number of amides is 2. The summed E-state index contributed by atoms with van der Waals surface area (Å²) in [4.78, 5) is 25.6. The number of hydrogen-bond acceptors (Lipinski definition) is 3. The molecule has 3 rings (SSSR count). The first-order valence-electron chi connectivity index (χ1n) is 6.94. The van der Waals surface area contributed by atoms with Gasteiger partial charge in [0, 0.05) is 36.1 Å². The monoisotopic (exact) mass is 318 g/mol. The van der Waals surface area contributed by atoms with Crippen molar-refractivity contribution in [3.05, 3.63) is 53.3 Å². The summed E-state index contributed by atoms with van der Waals surface area (Å²) in [5.41, 5.74) is 0.443. The second kappa shape index (κ2) is 6.19. The molecule has 1 aromatic heterocycles. The van der Waals surface area contributed by atoms with E-state index in [0.717, 1.165) is 0 Å². The summed E-state index contributed by atoms with van der Waals surface area (Å²) in [6, 6.07) is 8.70. The summed E-state index contributed by atoms with van der Waals surface area (Å²) in [6.07, 6.45) is 3.60. The maximum absolute atomic E-state index is 12.0. The molecule has 1 aliphatic rings. The van der Waals surface area contributed by atoms with Gasteiger partial charge in [0.15, 0.2) is 0 Å². The Bertz CT molecular complexity index is 681. The highest BCUT2D eigenvalue weighted by Crippen LogP contribution is 2.19. The van der Waals surface area contributed by atoms with Gasteiger partial charge in [-0.1, -0.05) is 17.7 Å². The second-order valence-corrected chi connectivity index (χ2v) is 5.57. The molecule has 7 heteroatoms. The first kappa shape index (κ1) is 14.6. The van der Waals surface area contributed by atoms with Gasteiger partial charge in [-0.25, -0.2) is 0 Å². The smallest absolute Gasteiger partial charge is 0.251 e. The molecule has 2 aromatic rings. The van der Waals surface area contributed by atoms with Crippen LogP contribution in [0.2, 0.25) is 5.02 Å². The number of rotatable bonds is 4. The number of nitrogens with one attached hydrogen (secondary N) is 1. The third-order valence-electron chi connectivity index (χ3n) is 3.60. The van der Waals surface area contributed by atoms with Crippen molar-refractivity contribution in [3.8, 4) is 0 Å². The van der Waals surface area contributed by atoms with E-state index in [0.29, 0.717) is 23.7 Å². The van der Waals surface area contributed by atoms with E-state index in [1.807, 2.05) is 16.9 Å². The Balaban J connectivity index is 1.46. The Morgan fingerprint density at radius 2 is 2.14 bits per heavy atom. The van der Waals surface area contributed by atoms with Crippen molar-refractivity contribution in [1.82, 2.24) is 20.0 Å². The topological polar surface area (TPSA) is 67.2 Å². The predicted octanol–water partition coefficient (Wildman–Crippen LogP) is 1.35. The molecule has 1 aliphatic heterocycles. The number of aromatic nitrogens is 2. The van der Waals surface area contributed by atoms with Gasteiger partial charge in [-0.2, -0.15) is 5.10 Å². The molecule has 1 aromatic carbocycles. The van der Waals surface area contributed by atoms with E-state index in [-0.39, 0.29) is 24.4 Å². The van der Waals surface area contributed by atoms with Crippen LogP contribution in [0.4, 0.5) is 0 Å². The van der Waals surface area contributed by atoms with Gasteiger partial charge in [0.05, 0.1) is 12.6 Å². The lowest BCUT2D eigenvalue weighted by Gasteiger charge is -2.39. The van der Waals surface area contributed by atoms with E-state index in [9.17, 15) is 9.59 Å². The van der Waals surface area contributed by atoms with Gasteiger partial charge in [0.25, 0.3) is 5.91 Å². The Morgan fingerprint density at radius 3 is 2.82 bits per heavy atom. The highest BCUT2D eigenvalue weighted by molar-refractivity contribution is 6.30. The number of nitrogens with zero attached hydrogens (tertiary/aromatic N) is 3. The number of carbonyl (C=O) groups is 2. The van der Waals surface area contributed by atoms with E-state index in [4.69, 9.17) is 11.6 Å². The van der Waals surface area contributed by atoms with Gasteiger partial charge >= 0.3 is 0 Å². The minimum absolute atomic E-state index is 0.0167. The second-order valence-electron chi connectivity index (χ2n) is 5.13. The van der Waals surface area contributed by atoms with Crippen LogP contribution >= 0.6 is 11.6 Å². The summed E-state index contributed by atoms with van der Waals surface area (Å²) in [6.45, 7) is 1.22. The lowest BCUT2D eigenvalue weighted by Crippen LogP contribution is -2.53. The van der Waals surface area contributed by atoms with Crippen LogP contribution in [0, 0.1) is 0 Å². The molecule has 0 unspecified atom stereocenters. The van der Waals surface area contributed by atoms with Crippen molar-refractivity contribution in [2.75, 3.05) is 19.6 Å². The molecule has 1 saturated heterocycles. The predicted molar refractivity (Wildman–Crippen MR) is 81.6 cm³/mol. The van der Waals surface area contributed by atoms with Gasteiger partial charge in [-0.3, -0.25) is 14.3 Å². The molecule has 0 saturated carbocycles. The Kier molecular flexibility index (Phi) is 4.11. The molecule has 1 N–H and O–H groups in total. The van der Waals surface area contributed by atoms with Crippen molar-refractivity contribution in [2.24, 2.45) is 0 Å². The molecule has 0 aliphatic carbocycles. The van der Waals surface area contributed by atoms with Crippen molar-refractivity contribution >= 4 is 23.4 Å². The van der Waals surface area contributed by atoms with Crippen LogP contribution in [-0.4, -0.2) is 46.1 Å². The van der Waals surface area contributed by atoms with Crippen molar-refractivity contribution in [1.29, 1.82) is 0 Å². The highest BCUT2D eigenvalue weighted by atomic mass is 35.5. The first-order valence-corrected chi connectivity index (χ1v) is 7.32. The first-order chi connectivity index (χ1) is 10.6. The average molecular weight is 319 g/mol. The normalized spacial score (nSPS) is 14.5. The maximum atomic E-state index is 12.0. The molecular formula is C15H15ClN4O2. The van der Waals surface area contributed by atoms with E-state index in [2.05, 4.69) is 10.4 Å². The van der Waals surface area contributed by atoms with E-state index in [1.54, 1.807) is 35.4 Å². The summed E-state index contributed by atoms with van der Waals surface area (Å²) in [7, 11) is 0. The molecule has 6 nitrogen and oxygen atoms in total. The van der Waals surface area contributed by atoms with Crippen LogP contribution in [0.15, 0.2) is 42.7 Å². The van der Waals surface area contributed by atoms with E-state index < -0.39 is 0 Å². The number of halogens is 1. The Morgan fingerprint density at radius 1 is 1.32 bits per heavy atom. The number of benzene rings is 1. The highest BCUT2D eigenvalue weighted by Gasteiger charge is 2.31. The third kappa shape index (κ3) is 3.12. The standard InChI is InChI=1S/C15H15ClN4O2/c16-12-4-1-3-11(7-12)15(22)17-8-14(21)19-9-13(10-19)20-6-2-5-18-20/h1-7,13H,8-10H2,(H,17,22). The third-order valence-corrected chi connectivity index (χ3v) is 3.84. The minimum atomic E-state index is -0.306. The average Bonchev–Trinajstić information content (AvgIpc) is 2.97. The molecular weight excluding hydrogens is 304 g/mol. The summed E-state index contributed by atoms with van der Waals surface area (Å²) in [5.74, 6) is -0.404. The van der Waals surface area contributed by atoms with Gasteiger partial charge < -0.3 is 10.2 Å². The quantitative estimate of drug-likeness (QED) is 0.925. The van der Waals surface area contributed by atoms with Gasteiger partial charge in [-0.15, -0.1) is 0 Å². The van der Waals surface area contributed by atoms with Crippen molar-refractivity contribution < 1.29 is 9.59 Å². The SMILES string of the molecule is O=C(NCC(=O)N1CC(n2cccn2)C1)c1cccc(Cl)c1. The zero-order valence-electron chi connectivity index (χ0n) is 11.8. The van der Waals surface area contributed by atoms with Crippen LogP contribution in [0.25, 0.3) is 0 Å². The molecule has 22 heavy (non-hydrogen) atoms. The molecule has 1 fully saturated rings. The maximum Gasteiger partial charge on any atom is 0.251 e. The zero-order valence-corrected chi connectivity index (χ0v) is 12.5. The Labute approximate surface area is 132 Å². The molecule has 0 spiro atoms. The van der Waals surface area contributed by atoms with Crippen molar-refractivity contribution in [3.63, 3.8) is 0 Å². The molecule has 0 bridgehead atoms. The molecule has 0 radical (unpaired) electrons. The number of hydrogen-bond donors (Lipinski definition) is 1. The minimum Gasteiger partial charge on any atom is -0.343 e. The van der Waals surface area contributed by atoms with Crippen LogP contribution in [0.3, 0.4) is 0 Å². The zero-order chi connectivity index (χ0) is 15.5. The molecule has 2 amide bonds. The van der Waals surface area contributed by atoms with Gasteiger partial charge in [-0.05, 0) is 24.3 Å². The fraction of sp³-hybridized carbons (Fsp3) is 0.267. The van der Waals surface area contributed by atoms with Crippen molar-refractivity contribution in [2.45, 2.75) is 6.04 Å². The van der Waals surface area contributed by atoms with Crippen LogP contribution in [0.1, 0.15) is 16.4 Å². The van der Waals surface area contributed by atoms with Crippen LogP contribution in [-0.2, 0) is 4.79 Å². The van der Waals surface area contributed by atoms with Gasteiger partial charge in [0.1, 0.15) is 0 Å². The molecule has 0 atom stereocenters. The summed E-state index contributed by atoms with van der Waals surface area (Å²) >= 11 is 5.84. The lowest BCUT2D eigenvalue weighted by molar-refractivity contribution is -0.136.